The van der Waals surface area contributed by atoms with Crippen LogP contribution < -0.4 is 0 Å². The van der Waals surface area contributed by atoms with Gasteiger partial charge in [-0.1, -0.05) is 18.2 Å². The second kappa shape index (κ2) is 10.5. The van der Waals surface area contributed by atoms with Gasteiger partial charge in [-0.3, -0.25) is 9.48 Å². The summed E-state index contributed by atoms with van der Waals surface area (Å²) in [5.74, 6) is -0.601. The van der Waals surface area contributed by atoms with Crippen LogP contribution in [-0.4, -0.2) is 70.4 Å². The predicted octanol–water partition coefficient (Wildman–Crippen LogP) is 6.02. The Kier molecular flexibility index (Phi) is 7.29. The highest BCUT2D eigenvalue weighted by atomic mass is 32.1. The van der Waals surface area contributed by atoms with E-state index in [1.165, 1.54) is 23.5 Å². The van der Waals surface area contributed by atoms with Crippen LogP contribution in [0.2, 0.25) is 0 Å². The maximum Gasteiger partial charge on any atom is 0.264 e. The van der Waals surface area contributed by atoms with Crippen molar-refractivity contribution < 1.29 is 14.3 Å². The molecule has 0 spiro atoms. The van der Waals surface area contributed by atoms with E-state index in [9.17, 15) is 14.3 Å². The molecule has 9 heteroatoms. The van der Waals surface area contributed by atoms with E-state index in [2.05, 4.69) is 14.8 Å². The van der Waals surface area contributed by atoms with Gasteiger partial charge < -0.3 is 14.9 Å². The lowest BCUT2D eigenvalue weighted by atomic mass is 10.0. The number of rotatable bonds is 6. The Labute approximate surface area is 231 Å². The van der Waals surface area contributed by atoms with Crippen LogP contribution in [0.5, 0.6) is 0 Å². The number of piperidine rings is 1. The predicted molar refractivity (Wildman–Crippen MR) is 154 cm³/mol. The number of likely N-dealkylation sites (tertiary alicyclic amines) is 1. The molecule has 1 saturated heterocycles. The Morgan fingerprint density at radius 2 is 2.00 bits per heavy atom. The van der Waals surface area contributed by atoms with Crippen molar-refractivity contribution >= 4 is 33.8 Å². The van der Waals surface area contributed by atoms with Crippen molar-refractivity contribution in [1.29, 1.82) is 0 Å². The summed E-state index contributed by atoms with van der Waals surface area (Å²) in [7, 11) is 4.09. The van der Waals surface area contributed by atoms with Crippen LogP contribution in [0.25, 0.3) is 37.3 Å². The van der Waals surface area contributed by atoms with Crippen molar-refractivity contribution in [3.8, 4) is 21.6 Å². The van der Waals surface area contributed by atoms with Gasteiger partial charge >= 0.3 is 0 Å². The molecule has 0 aliphatic carbocycles. The average molecular weight is 546 g/mol. The highest BCUT2D eigenvalue weighted by molar-refractivity contribution is 7.18. The highest BCUT2D eigenvalue weighted by Gasteiger charge is 2.28. The number of carbonyl (C=O) groups excluding carboxylic acids is 1. The quantitative estimate of drug-likeness (QED) is 0.301. The van der Waals surface area contributed by atoms with E-state index in [4.69, 9.17) is 6.57 Å². The van der Waals surface area contributed by atoms with Crippen LogP contribution in [0.4, 0.5) is 10.1 Å². The van der Waals surface area contributed by atoms with Gasteiger partial charge in [0, 0.05) is 41.2 Å². The lowest BCUT2D eigenvalue weighted by Gasteiger charge is -2.35. The number of halogens is 1. The van der Waals surface area contributed by atoms with Gasteiger partial charge in [0.25, 0.3) is 5.91 Å². The van der Waals surface area contributed by atoms with E-state index in [1.54, 1.807) is 10.7 Å². The first-order chi connectivity index (χ1) is 18.6. The molecule has 3 heterocycles. The zero-order valence-corrected chi connectivity index (χ0v) is 23.4. The summed E-state index contributed by atoms with van der Waals surface area (Å²) in [4.78, 5) is 22.5. The normalized spacial score (nSPS) is 16.2. The van der Waals surface area contributed by atoms with Gasteiger partial charge in [-0.15, -0.1) is 11.3 Å². The molecule has 1 fully saturated rings. The molecule has 1 aliphatic rings. The number of thiophene rings is 1. The van der Waals surface area contributed by atoms with E-state index in [0.29, 0.717) is 29.6 Å². The molecule has 2 aromatic heterocycles. The van der Waals surface area contributed by atoms with Gasteiger partial charge in [0.1, 0.15) is 5.82 Å². The first-order valence-electron chi connectivity index (χ1n) is 13.0. The molecule has 5 rings (SSSR count). The Morgan fingerprint density at radius 3 is 2.69 bits per heavy atom. The van der Waals surface area contributed by atoms with Crippen molar-refractivity contribution in [1.82, 2.24) is 19.6 Å². The number of hydrogen-bond acceptors (Lipinski definition) is 5. The maximum atomic E-state index is 14.7. The molecular weight excluding hydrogens is 513 g/mol. The summed E-state index contributed by atoms with van der Waals surface area (Å²) in [5.41, 5.74) is 2.48. The molecule has 1 atom stereocenters. The van der Waals surface area contributed by atoms with Gasteiger partial charge in [-0.2, -0.15) is 5.10 Å². The first-order valence-corrected chi connectivity index (χ1v) is 13.8. The number of nitrogens with zero attached hydrogens (tertiary/aromatic N) is 5. The minimum absolute atomic E-state index is 0.0177. The van der Waals surface area contributed by atoms with Crippen molar-refractivity contribution in [2.45, 2.75) is 38.3 Å². The SMILES string of the molecule is [C-]#[N+]c1ccc(-c2cc(C(=O)N3CCCC(N(C)C)C3)sc2-c2ccc3nn(C(C)(C)CO)cc3c2)cc1F. The zero-order valence-electron chi connectivity index (χ0n) is 22.6. The summed E-state index contributed by atoms with van der Waals surface area (Å²) in [6.07, 6.45) is 3.92. The number of hydrogen-bond donors (Lipinski definition) is 1. The van der Waals surface area contributed by atoms with E-state index in [0.717, 1.165) is 39.7 Å². The smallest absolute Gasteiger partial charge is 0.264 e. The summed E-state index contributed by atoms with van der Waals surface area (Å²) < 4.78 is 16.4. The fraction of sp³-hybridized carbons (Fsp3) is 0.367. The Balaban J connectivity index is 1.60. The number of aromatic nitrogens is 2. The minimum Gasteiger partial charge on any atom is -0.394 e. The first kappa shape index (κ1) is 27.0. The second-order valence-corrected chi connectivity index (χ2v) is 12.0. The molecule has 0 saturated carbocycles. The summed E-state index contributed by atoms with van der Waals surface area (Å²) in [6, 6.07) is 12.7. The third-order valence-electron chi connectivity index (χ3n) is 7.51. The van der Waals surface area contributed by atoms with Crippen LogP contribution in [0.15, 0.2) is 48.7 Å². The molecule has 1 unspecified atom stereocenters. The molecule has 7 nitrogen and oxygen atoms in total. The minimum atomic E-state index is -0.583. The standard InChI is InChI=1S/C30H32FN5O2S/c1-30(2,18-37)36-16-21-13-20(9-10-25(21)33-36)28-23(19-8-11-26(32-3)24(31)14-19)15-27(39-28)29(38)35-12-6-7-22(17-35)34(4)5/h8-11,13-16,22,37H,6-7,12,17-18H2,1-2,4-5H3. The van der Waals surface area contributed by atoms with Gasteiger partial charge in [-0.05, 0) is 76.2 Å². The Hall–Kier alpha value is -3.58. The van der Waals surface area contributed by atoms with E-state index < -0.39 is 11.4 Å². The summed E-state index contributed by atoms with van der Waals surface area (Å²) in [5, 5.41) is 15.3. The lowest BCUT2D eigenvalue weighted by Crippen LogP contribution is -2.47. The van der Waals surface area contributed by atoms with Gasteiger partial charge in [0.2, 0.25) is 5.69 Å². The lowest BCUT2D eigenvalue weighted by molar-refractivity contribution is 0.0640. The van der Waals surface area contributed by atoms with Crippen molar-refractivity contribution in [2.24, 2.45) is 0 Å². The molecule has 1 aliphatic heterocycles. The highest BCUT2D eigenvalue weighted by Crippen LogP contribution is 2.42. The maximum absolute atomic E-state index is 14.7. The molecule has 0 radical (unpaired) electrons. The van der Waals surface area contributed by atoms with Crippen LogP contribution in [0.1, 0.15) is 36.4 Å². The molecule has 1 N–H and O–H groups in total. The van der Waals surface area contributed by atoms with Gasteiger partial charge in [0.05, 0.1) is 29.1 Å². The van der Waals surface area contributed by atoms with E-state index in [1.807, 2.05) is 63.3 Å². The van der Waals surface area contributed by atoms with Crippen LogP contribution in [-0.2, 0) is 5.54 Å². The third kappa shape index (κ3) is 5.20. The molecular formula is C30H32FN5O2S. The summed E-state index contributed by atoms with van der Waals surface area (Å²) in [6.45, 7) is 12.4. The van der Waals surface area contributed by atoms with E-state index in [-0.39, 0.29) is 18.2 Å². The number of likely N-dealkylation sites (N-methyl/N-ethyl adjacent to an activating group) is 1. The number of aliphatic hydroxyl groups excluding tert-OH is 1. The third-order valence-corrected chi connectivity index (χ3v) is 8.68. The molecule has 1 amide bonds. The largest absolute Gasteiger partial charge is 0.394 e. The number of aliphatic hydroxyl groups is 1. The Bertz CT molecular complexity index is 1580. The average Bonchev–Trinajstić information content (AvgIpc) is 3.57. The van der Waals surface area contributed by atoms with Crippen molar-refractivity contribution in [3.05, 3.63) is 70.8 Å². The number of amides is 1. The fourth-order valence-electron chi connectivity index (χ4n) is 4.96. The number of fused-ring (bicyclic) bond motifs is 1. The van der Waals surface area contributed by atoms with Crippen LogP contribution in [0.3, 0.4) is 0 Å². The molecule has 39 heavy (non-hydrogen) atoms. The van der Waals surface area contributed by atoms with Gasteiger partial charge in [0.15, 0.2) is 0 Å². The van der Waals surface area contributed by atoms with E-state index >= 15 is 0 Å². The topological polar surface area (TPSA) is 66.0 Å². The molecule has 202 valence electrons. The van der Waals surface area contributed by atoms with Crippen LogP contribution >= 0.6 is 11.3 Å². The molecule has 2 aromatic carbocycles. The second-order valence-electron chi connectivity index (χ2n) is 11.0. The number of carbonyl (C=O) groups is 1. The molecule has 4 aromatic rings. The monoisotopic (exact) mass is 545 g/mol. The van der Waals surface area contributed by atoms with Gasteiger partial charge in [-0.25, -0.2) is 9.24 Å². The fourth-order valence-corrected chi connectivity index (χ4v) is 6.10. The Morgan fingerprint density at radius 1 is 1.23 bits per heavy atom. The number of benzene rings is 2. The van der Waals surface area contributed by atoms with Crippen molar-refractivity contribution in [3.63, 3.8) is 0 Å². The zero-order chi connectivity index (χ0) is 27.9. The summed E-state index contributed by atoms with van der Waals surface area (Å²) >= 11 is 1.41. The van der Waals surface area contributed by atoms with Crippen LogP contribution in [0, 0.1) is 12.4 Å². The molecule has 0 bridgehead atoms. The van der Waals surface area contributed by atoms with Crippen molar-refractivity contribution in [2.75, 3.05) is 33.8 Å².